The average Bonchev–Trinajstić information content (AvgIpc) is 2.74. The summed E-state index contributed by atoms with van der Waals surface area (Å²) in [4.78, 5) is 25.7. The fraction of sp³-hybridized carbons (Fsp3) is 0.643. The molecule has 0 aromatic carbocycles. The highest BCUT2D eigenvalue weighted by Gasteiger charge is 2.19. The molecule has 0 unspecified atom stereocenters. The molecule has 1 aromatic rings. The van der Waals surface area contributed by atoms with Crippen LogP contribution in [0.25, 0.3) is 0 Å². The number of aromatic nitrogens is 2. The number of aryl methyl sites for hydroxylation is 2. The Bertz CT molecular complexity index is 506. The van der Waals surface area contributed by atoms with Crippen LogP contribution >= 0.6 is 0 Å². The fourth-order valence-corrected chi connectivity index (χ4v) is 2.23. The molecule has 1 heterocycles. The first-order valence-electron chi connectivity index (χ1n) is 7.33. The molecule has 118 valence electrons. The van der Waals surface area contributed by atoms with Gasteiger partial charge in [0, 0.05) is 33.1 Å². The Hall–Kier alpha value is -2.05. The third-order valence-corrected chi connectivity index (χ3v) is 3.45. The molecule has 0 aliphatic heterocycles. The maximum absolute atomic E-state index is 12.1. The number of hydrogen-bond donors (Lipinski definition) is 2. The van der Waals surface area contributed by atoms with Crippen LogP contribution in [0.15, 0.2) is 0 Å². The highest BCUT2D eigenvalue weighted by atomic mass is 16.2. The molecule has 1 aromatic heterocycles. The highest BCUT2D eigenvalue weighted by molar-refractivity contribution is 5.98. The Morgan fingerprint density at radius 2 is 1.90 bits per heavy atom. The van der Waals surface area contributed by atoms with E-state index in [1.807, 2.05) is 20.8 Å². The molecule has 0 fully saturated rings. The number of anilines is 1. The second-order valence-corrected chi connectivity index (χ2v) is 4.76. The first kappa shape index (κ1) is 17.0. The van der Waals surface area contributed by atoms with E-state index in [1.54, 1.807) is 11.9 Å². The van der Waals surface area contributed by atoms with Crippen LogP contribution in [0, 0.1) is 0 Å². The second kappa shape index (κ2) is 7.66. The van der Waals surface area contributed by atoms with Crippen LogP contribution in [0.3, 0.4) is 0 Å². The number of carbonyl (C=O) groups is 2. The van der Waals surface area contributed by atoms with Crippen LogP contribution in [0.4, 0.5) is 5.69 Å². The van der Waals surface area contributed by atoms with Crippen LogP contribution in [0.1, 0.15) is 43.4 Å². The van der Waals surface area contributed by atoms with Crippen LogP contribution < -0.4 is 11.1 Å². The summed E-state index contributed by atoms with van der Waals surface area (Å²) in [7, 11) is 1.69. The SMILES string of the molecule is CCc1nn(C)c(C(=O)NCCC(=O)N(CC)CC)c1N. The van der Waals surface area contributed by atoms with Crippen LogP contribution in [-0.4, -0.2) is 46.1 Å². The molecule has 1 rings (SSSR count). The van der Waals surface area contributed by atoms with E-state index in [0.29, 0.717) is 43.1 Å². The first-order valence-corrected chi connectivity index (χ1v) is 7.33. The Labute approximate surface area is 125 Å². The van der Waals surface area contributed by atoms with E-state index in [2.05, 4.69) is 10.4 Å². The van der Waals surface area contributed by atoms with Gasteiger partial charge < -0.3 is 16.0 Å². The van der Waals surface area contributed by atoms with Gasteiger partial charge in [-0.1, -0.05) is 6.92 Å². The van der Waals surface area contributed by atoms with Crippen molar-refractivity contribution in [1.82, 2.24) is 20.0 Å². The molecule has 0 aliphatic rings. The number of nitrogens with zero attached hydrogens (tertiary/aromatic N) is 3. The molecule has 0 bridgehead atoms. The molecular formula is C14H25N5O2. The van der Waals surface area contributed by atoms with Gasteiger partial charge in [0.1, 0.15) is 5.69 Å². The van der Waals surface area contributed by atoms with E-state index in [4.69, 9.17) is 5.73 Å². The molecule has 7 nitrogen and oxygen atoms in total. The van der Waals surface area contributed by atoms with E-state index >= 15 is 0 Å². The number of nitrogens with two attached hydrogens (primary N) is 1. The van der Waals surface area contributed by atoms with Crippen molar-refractivity contribution in [3.8, 4) is 0 Å². The first-order chi connectivity index (χ1) is 9.96. The lowest BCUT2D eigenvalue weighted by molar-refractivity contribution is -0.130. The minimum absolute atomic E-state index is 0.0347. The molecule has 0 atom stereocenters. The topological polar surface area (TPSA) is 93.2 Å². The van der Waals surface area contributed by atoms with Gasteiger partial charge in [-0.15, -0.1) is 0 Å². The summed E-state index contributed by atoms with van der Waals surface area (Å²) < 4.78 is 1.48. The second-order valence-electron chi connectivity index (χ2n) is 4.76. The third kappa shape index (κ3) is 3.96. The van der Waals surface area contributed by atoms with Crippen molar-refractivity contribution in [2.45, 2.75) is 33.6 Å². The Morgan fingerprint density at radius 3 is 2.38 bits per heavy atom. The van der Waals surface area contributed by atoms with Gasteiger partial charge in [0.05, 0.1) is 11.4 Å². The normalized spacial score (nSPS) is 10.5. The average molecular weight is 295 g/mol. The number of carbonyl (C=O) groups excluding carboxylic acids is 2. The lowest BCUT2D eigenvalue weighted by Gasteiger charge is -2.18. The van der Waals surface area contributed by atoms with Crippen LogP contribution in [0.2, 0.25) is 0 Å². The van der Waals surface area contributed by atoms with E-state index in [0.717, 1.165) is 0 Å². The summed E-state index contributed by atoms with van der Waals surface area (Å²) in [5, 5.41) is 6.93. The quantitative estimate of drug-likeness (QED) is 0.768. The van der Waals surface area contributed by atoms with Gasteiger partial charge in [-0.25, -0.2) is 0 Å². The monoisotopic (exact) mass is 295 g/mol. The smallest absolute Gasteiger partial charge is 0.271 e. The summed E-state index contributed by atoms with van der Waals surface area (Å²) in [6.45, 7) is 7.45. The maximum Gasteiger partial charge on any atom is 0.271 e. The van der Waals surface area contributed by atoms with Gasteiger partial charge in [-0.3, -0.25) is 14.3 Å². The van der Waals surface area contributed by atoms with Crippen molar-refractivity contribution in [3.63, 3.8) is 0 Å². The maximum atomic E-state index is 12.1. The number of nitrogens with one attached hydrogen (secondary N) is 1. The Kier molecular flexibility index (Phi) is 6.20. The highest BCUT2D eigenvalue weighted by Crippen LogP contribution is 2.16. The Balaban J connectivity index is 2.59. The van der Waals surface area contributed by atoms with Crippen molar-refractivity contribution >= 4 is 17.5 Å². The molecule has 21 heavy (non-hydrogen) atoms. The van der Waals surface area contributed by atoms with Gasteiger partial charge in [0.15, 0.2) is 0 Å². The third-order valence-electron chi connectivity index (χ3n) is 3.45. The van der Waals surface area contributed by atoms with Gasteiger partial charge in [0.25, 0.3) is 5.91 Å². The largest absolute Gasteiger partial charge is 0.395 e. The fourth-order valence-electron chi connectivity index (χ4n) is 2.23. The van der Waals surface area contributed by atoms with E-state index < -0.39 is 0 Å². The lowest BCUT2D eigenvalue weighted by Crippen LogP contribution is -2.34. The van der Waals surface area contributed by atoms with Crippen molar-refractivity contribution in [2.24, 2.45) is 7.05 Å². The minimum Gasteiger partial charge on any atom is -0.395 e. The predicted octanol–water partition coefficient (Wildman–Crippen LogP) is 0.553. The number of nitrogen functional groups attached to an aromatic ring is 1. The zero-order valence-electron chi connectivity index (χ0n) is 13.3. The standard InChI is InChI=1S/C14H25N5O2/c1-5-10-12(15)13(18(4)17-10)14(21)16-9-8-11(20)19(6-2)7-3/h5-9,15H2,1-4H3,(H,16,21). The van der Waals surface area contributed by atoms with Crippen molar-refractivity contribution in [3.05, 3.63) is 11.4 Å². The van der Waals surface area contributed by atoms with Crippen molar-refractivity contribution < 1.29 is 9.59 Å². The zero-order valence-corrected chi connectivity index (χ0v) is 13.3. The summed E-state index contributed by atoms with van der Waals surface area (Å²) in [5.74, 6) is -0.262. The van der Waals surface area contributed by atoms with Crippen molar-refractivity contribution in [1.29, 1.82) is 0 Å². The molecule has 0 radical (unpaired) electrons. The van der Waals surface area contributed by atoms with E-state index in [-0.39, 0.29) is 18.2 Å². The molecule has 0 spiro atoms. The minimum atomic E-state index is -0.297. The zero-order chi connectivity index (χ0) is 16.0. The molecule has 3 N–H and O–H groups in total. The summed E-state index contributed by atoms with van der Waals surface area (Å²) in [6, 6.07) is 0. The summed E-state index contributed by atoms with van der Waals surface area (Å²) in [6.07, 6.45) is 0.958. The lowest BCUT2D eigenvalue weighted by atomic mass is 10.2. The number of hydrogen-bond acceptors (Lipinski definition) is 4. The van der Waals surface area contributed by atoms with Crippen LogP contribution in [-0.2, 0) is 18.3 Å². The van der Waals surface area contributed by atoms with E-state index in [9.17, 15) is 9.59 Å². The predicted molar refractivity (Wildman–Crippen MR) is 81.9 cm³/mol. The van der Waals surface area contributed by atoms with Crippen molar-refractivity contribution in [2.75, 3.05) is 25.4 Å². The molecule has 0 saturated heterocycles. The number of amides is 2. The van der Waals surface area contributed by atoms with Crippen LogP contribution in [0.5, 0.6) is 0 Å². The van der Waals surface area contributed by atoms with Gasteiger partial charge in [-0.05, 0) is 20.3 Å². The summed E-state index contributed by atoms with van der Waals surface area (Å²) >= 11 is 0. The molecule has 7 heteroatoms. The van der Waals surface area contributed by atoms with Gasteiger partial charge >= 0.3 is 0 Å². The number of rotatable bonds is 7. The molecule has 0 aliphatic carbocycles. The molecular weight excluding hydrogens is 270 g/mol. The molecule has 0 saturated carbocycles. The Morgan fingerprint density at radius 1 is 1.29 bits per heavy atom. The van der Waals surface area contributed by atoms with E-state index in [1.165, 1.54) is 4.68 Å². The molecule has 2 amide bonds. The van der Waals surface area contributed by atoms with Gasteiger partial charge in [0.2, 0.25) is 5.91 Å². The summed E-state index contributed by atoms with van der Waals surface area (Å²) in [5.41, 5.74) is 7.39. The van der Waals surface area contributed by atoms with Gasteiger partial charge in [-0.2, -0.15) is 5.10 Å².